The van der Waals surface area contributed by atoms with Crippen LogP contribution < -0.4 is 10.6 Å². The van der Waals surface area contributed by atoms with Gasteiger partial charge in [0.25, 0.3) is 0 Å². The smallest absolute Gasteiger partial charge is 0.345 e. The molecule has 0 radical (unpaired) electrons. The number of aryl methyl sites for hydroxylation is 3. The van der Waals surface area contributed by atoms with Crippen LogP contribution in [0.1, 0.15) is 42.4 Å². The van der Waals surface area contributed by atoms with E-state index in [-0.39, 0.29) is 5.69 Å². The first kappa shape index (κ1) is 18.2. The summed E-state index contributed by atoms with van der Waals surface area (Å²) in [5.41, 5.74) is 2.56. The van der Waals surface area contributed by atoms with Crippen LogP contribution in [0.4, 0.5) is 5.82 Å². The summed E-state index contributed by atoms with van der Waals surface area (Å²) in [5.74, 6) is 2.18. The maximum atomic E-state index is 12.0. The highest BCUT2D eigenvalue weighted by Crippen LogP contribution is 2.28. The van der Waals surface area contributed by atoms with Gasteiger partial charge in [0.05, 0.1) is 5.56 Å². The van der Waals surface area contributed by atoms with Crippen LogP contribution in [0.5, 0.6) is 0 Å². The van der Waals surface area contributed by atoms with E-state index in [1.807, 2.05) is 26.8 Å². The Morgan fingerprint density at radius 3 is 2.62 bits per heavy atom. The molecule has 2 aromatic rings. The van der Waals surface area contributed by atoms with Crippen LogP contribution >= 0.6 is 0 Å². The Morgan fingerprint density at radius 2 is 2.00 bits per heavy atom. The molecule has 138 valence electrons. The Morgan fingerprint density at radius 1 is 1.31 bits per heavy atom. The molecule has 0 aromatic carbocycles. The van der Waals surface area contributed by atoms with Gasteiger partial charge in [-0.15, -0.1) is 0 Å². The van der Waals surface area contributed by atoms with Gasteiger partial charge in [-0.05, 0) is 51.2 Å². The number of nitrogens with zero attached hydrogens (tertiary/aromatic N) is 6. The number of piperidine rings is 1. The number of hydrogen-bond acceptors (Lipinski definition) is 5. The lowest BCUT2D eigenvalue weighted by Gasteiger charge is -2.33. The highest BCUT2D eigenvalue weighted by atomic mass is 16.2. The maximum absolute atomic E-state index is 12.0. The fraction of sp³-hybridized carbons (Fsp3) is 0.579. The van der Waals surface area contributed by atoms with Crippen molar-refractivity contribution in [1.82, 2.24) is 19.3 Å². The van der Waals surface area contributed by atoms with Crippen molar-refractivity contribution in [1.29, 1.82) is 5.26 Å². The first-order valence-corrected chi connectivity index (χ1v) is 9.20. The lowest BCUT2D eigenvalue weighted by molar-refractivity contribution is 0.389. The Hall–Kier alpha value is -2.62. The maximum Gasteiger partial charge on any atom is 0.345 e. The van der Waals surface area contributed by atoms with Crippen LogP contribution in [-0.4, -0.2) is 32.4 Å². The van der Waals surface area contributed by atoms with Gasteiger partial charge in [0.1, 0.15) is 17.7 Å². The molecule has 0 atom stereocenters. The second-order valence-corrected chi connectivity index (χ2v) is 7.09. The molecule has 1 aliphatic heterocycles. The second-order valence-electron chi connectivity index (χ2n) is 7.09. The van der Waals surface area contributed by atoms with Gasteiger partial charge < -0.3 is 4.90 Å². The van der Waals surface area contributed by atoms with E-state index in [0.717, 1.165) is 55.3 Å². The Kier molecular flexibility index (Phi) is 5.12. The van der Waals surface area contributed by atoms with Crippen molar-refractivity contribution in [3.63, 3.8) is 0 Å². The number of aromatic nitrogens is 4. The fourth-order valence-electron chi connectivity index (χ4n) is 3.81. The minimum atomic E-state index is -0.0435. The largest absolute Gasteiger partial charge is 0.355 e. The summed E-state index contributed by atoms with van der Waals surface area (Å²) in [4.78, 5) is 18.9. The Bertz CT molecular complexity index is 896. The highest BCUT2D eigenvalue weighted by Gasteiger charge is 2.25. The zero-order chi connectivity index (χ0) is 18.8. The summed E-state index contributed by atoms with van der Waals surface area (Å²) >= 11 is 0. The molecule has 3 rings (SSSR count). The normalized spacial score (nSPS) is 15.3. The first-order valence-electron chi connectivity index (χ1n) is 9.20. The van der Waals surface area contributed by atoms with Crippen LogP contribution in [0, 0.1) is 31.1 Å². The average molecular weight is 354 g/mol. The van der Waals surface area contributed by atoms with E-state index in [1.165, 1.54) is 4.68 Å². The summed E-state index contributed by atoms with van der Waals surface area (Å²) in [7, 11) is 1.70. The molecule has 0 amide bonds. The topological polar surface area (TPSA) is 79.7 Å². The van der Waals surface area contributed by atoms with Gasteiger partial charge in [0.15, 0.2) is 0 Å². The van der Waals surface area contributed by atoms with Gasteiger partial charge >= 0.3 is 5.69 Å². The molecule has 7 nitrogen and oxygen atoms in total. The molecule has 1 saturated heterocycles. The van der Waals surface area contributed by atoms with Crippen molar-refractivity contribution >= 4 is 5.82 Å². The van der Waals surface area contributed by atoms with E-state index in [0.29, 0.717) is 18.0 Å². The molecule has 0 saturated carbocycles. The van der Waals surface area contributed by atoms with E-state index in [2.05, 4.69) is 21.1 Å². The van der Waals surface area contributed by atoms with Crippen molar-refractivity contribution in [3.8, 4) is 6.07 Å². The Labute approximate surface area is 153 Å². The number of pyridine rings is 1. The van der Waals surface area contributed by atoms with E-state index >= 15 is 0 Å². The van der Waals surface area contributed by atoms with Crippen molar-refractivity contribution < 1.29 is 0 Å². The molecule has 7 heteroatoms. The lowest BCUT2D eigenvalue weighted by Crippen LogP contribution is -2.36. The summed E-state index contributed by atoms with van der Waals surface area (Å²) in [6.45, 7) is 8.31. The summed E-state index contributed by atoms with van der Waals surface area (Å²) in [5, 5.41) is 13.9. The van der Waals surface area contributed by atoms with Gasteiger partial charge in [-0.25, -0.2) is 14.5 Å². The molecule has 3 heterocycles. The average Bonchev–Trinajstić information content (AvgIpc) is 2.88. The lowest BCUT2D eigenvalue weighted by atomic mass is 9.93. The third kappa shape index (κ3) is 3.36. The van der Waals surface area contributed by atoms with Gasteiger partial charge in [0.2, 0.25) is 0 Å². The quantitative estimate of drug-likeness (QED) is 0.838. The predicted octanol–water partition coefficient (Wildman–Crippen LogP) is 1.94. The minimum absolute atomic E-state index is 0.0435. The molecule has 0 aliphatic carbocycles. The van der Waals surface area contributed by atoms with E-state index in [1.54, 1.807) is 11.6 Å². The third-order valence-corrected chi connectivity index (χ3v) is 5.22. The Balaban J connectivity index is 1.72. The molecule has 0 spiro atoms. The summed E-state index contributed by atoms with van der Waals surface area (Å²) < 4.78 is 3.18. The standard InChI is InChI=1S/C19H26N6O/c1-5-25-17(22-23(4)19(25)26)11-15-6-8-24(9-7-15)18-16(12-20)13(2)10-14(3)21-18/h10,15H,5-9,11H2,1-4H3. The first-order chi connectivity index (χ1) is 12.4. The number of rotatable bonds is 4. The van der Waals surface area contributed by atoms with Crippen LogP contribution in [0.2, 0.25) is 0 Å². The third-order valence-electron chi connectivity index (χ3n) is 5.22. The van der Waals surface area contributed by atoms with Crippen molar-refractivity contribution in [2.45, 2.75) is 46.6 Å². The zero-order valence-corrected chi connectivity index (χ0v) is 16.0. The molecule has 0 unspecified atom stereocenters. The molecule has 1 fully saturated rings. The van der Waals surface area contributed by atoms with Crippen LogP contribution in [-0.2, 0) is 20.0 Å². The molecule has 26 heavy (non-hydrogen) atoms. The van der Waals surface area contributed by atoms with Gasteiger partial charge in [0, 0.05) is 38.8 Å². The zero-order valence-electron chi connectivity index (χ0n) is 16.0. The molecular weight excluding hydrogens is 328 g/mol. The van der Waals surface area contributed by atoms with Crippen molar-refractivity contribution in [3.05, 3.63) is 39.2 Å². The van der Waals surface area contributed by atoms with E-state index in [4.69, 9.17) is 0 Å². The van der Waals surface area contributed by atoms with Crippen LogP contribution in [0.3, 0.4) is 0 Å². The molecule has 0 bridgehead atoms. The van der Waals surface area contributed by atoms with Gasteiger partial charge in [-0.3, -0.25) is 4.57 Å². The van der Waals surface area contributed by atoms with Crippen molar-refractivity contribution in [2.24, 2.45) is 13.0 Å². The fourth-order valence-corrected chi connectivity index (χ4v) is 3.81. The van der Waals surface area contributed by atoms with E-state index in [9.17, 15) is 10.1 Å². The summed E-state index contributed by atoms with van der Waals surface area (Å²) in [6.07, 6.45) is 2.84. The summed E-state index contributed by atoms with van der Waals surface area (Å²) in [6, 6.07) is 4.27. The van der Waals surface area contributed by atoms with Crippen molar-refractivity contribution in [2.75, 3.05) is 18.0 Å². The van der Waals surface area contributed by atoms with E-state index < -0.39 is 0 Å². The highest BCUT2D eigenvalue weighted by molar-refractivity contribution is 5.58. The number of hydrogen-bond donors (Lipinski definition) is 0. The molecule has 2 aromatic heterocycles. The van der Waals surface area contributed by atoms with Crippen LogP contribution in [0.15, 0.2) is 10.9 Å². The molecule has 1 aliphatic rings. The SMILES string of the molecule is CCn1c(CC2CCN(c3nc(C)cc(C)c3C#N)CC2)nn(C)c1=O. The second kappa shape index (κ2) is 7.32. The van der Waals surface area contributed by atoms with Crippen LogP contribution in [0.25, 0.3) is 0 Å². The monoisotopic (exact) mass is 354 g/mol. The molecular formula is C19H26N6O. The van der Waals surface area contributed by atoms with Gasteiger partial charge in [-0.1, -0.05) is 0 Å². The number of nitriles is 1. The molecule has 0 N–H and O–H groups in total. The number of anilines is 1. The predicted molar refractivity (Wildman–Crippen MR) is 100 cm³/mol. The minimum Gasteiger partial charge on any atom is -0.355 e. The van der Waals surface area contributed by atoms with Gasteiger partial charge in [-0.2, -0.15) is 10.4 Å².